The summed E-state index contributed by atoms with van der Waals surface area (Å²) in [6.45, 7) is 6.66. The van der Waals surface area contributed by atoms with Gasteiger partial charge in [-0.2, -0.15) is 0 Å². The number of hydrogen-bond acceptors (Lipinski definition) is 3. The SMILES string of the molecule is CCCCOC(C)C(=O)N1CC(C(=O)O)CCC1C. The van der Waals surface area contributed by atoms with Gasteiger partial charge in [-0.3, -0.25) is 9.59 Å². The summed E-state index contributed by atoms with van der Waals surface area (Å²) >= 11 is 0. The second-order valence-corrected chi connectivity index (χ2v) is 5.32. The van der Waals surface area contributed by atoms with Gasteiger partial charge >= 0.3 is 5.97 Å². The molecule has 0 aromatic carbocycles. The van der Waals surface area contributed by atoms with E-state index in [2.05, 4.69) is 6.92 Å². The molecule has 1 saturated heterocycles. The van der Waals surface area contributed by atoms with E-state index in [1.165, 1.54) is 0 Å². The highest BCUT2D eigenvalue weighted by Gasteiger charge is 2.34. The van der Waals surface area contributed by atoms with Crippen LogP contribution in [0.2, 0.25) is 0 Å². The van der Waals surface area contributed by atoms with Crippen molar-refractivity contribution in [1.29, 1.82) is 0 Å². The van der Waals surface area contributed by atoms with E-state index in [0.717, 1.165) is 19.3 Å². The van der Waals surface area contributed by atoms with Crippen LogP contribution in [-0.2, 0) is 14.3 Å². The molecule has 1 N–H and O–H groups in total. The lowest BCUT2D eigenvalue weighted by Gasteiger charge is -2.37. The Kier molecular flexibility index (Phi) is 6.28. The number of carbonyl (C=O) groups excluding carboxylic acids is 1. The molecule has 3 atom stereocenters. The second kappa shape index (κ2) is 7.48. The number of rotatable bonds is 6. The first kappa shape index (κ1) is 16.0. The Hall–Kier alpha value is -1.10. The summed E-state index contributed by atoms with van der Waals surface area (Å²) in [5.41, 5.74) is 0. The molecule has 3 unspecified atom stereocenters. The maximum Gasteiger partial charge on any atom is 0.308 e. The van der Waals surface area contributed by atoms with E-state index in [4.69, 9.17) is 9.84 Å². The van der Waals surface area contributed by atoms with Gasteiger partial charge < -0.3 is 14.7 Å². The van der Waals surface area contributed by atoms with Gasteiger partial charge in [0.25, 0.3) is 5.91 Å². The lowest BCUT2D eigenvalue weighted by Crippen LogP contribution is -2.50. The van der Waals surface area contributed by atoms with Crippen LogP contribution in [0.25, 0.3) is 0 Å². The molecule has 0 aromatic rings. The van der Waals surface area contributed by atoms with E-state index in [-0.39, 0.29) is 11.9 Å². The first-order chi connectivity index (χ1) is 8.97. The molecule has 0 aromatic heterocycles. The molecule has 1 aliphatic rings. The maximum atomic E-state index is 12.3. The monoisotopic (exact) mass is 271 g/mol. The van der Waals surface area contributed by atoms with Crippen LogP contribution in [0.15, 0.2) is 0 Å². The summed E-state index contributed by atoms with van der Waals surface area (Å²) < 4.78 is 5.50. The average Bonchev–Trinajstić information content (AvgIpc) is 2.38. The molecule has 1 heterocycles. The van der Waals surface area contributed by atoms with Gasteiger partial charge in [0.05, 0.1) is 5.92 Å². The zero-order valence-corrected chi connectivity index (χ0v) is 12.1. The summed E-state index contributed by atoms with van der Waals surface area (Å²) in [5.74, 6) is -1.35. The third-order valence-corrected chi connectivity index (χ3v) is 3.73. The topological polar surface area (TPSA) is 66.8 Å². The largest absolute Gasteiger partial charge is 0.481 e. The zero-order valence-electron chi connectivity index (χ0n) is 12.1. The lowest BCUT2D eigenvalue weighted by atomic mass is 9.93. The predicted octanol–water partition coefficient (Wildman–Crippen LogP) is 1.90. The predicted molar refractivity (Wildman–Crippen MR) is 71.9 cm³/mol. The van der Waals surface area contributed by atoms with Crippen molar-refractivity contribution in [2.75, 3.05) is 13.2 Å². The molecular weight excluding hydrogens is 246 g/mol. The number of amides is 1. The normalized spacial score (nSPS) is 25.1. The molecule has 0 aliphatic carbocycles. The summed E-state index contributed by atoms with van der Waals surface area (Å²) in [6.07, 6.45) is 2.87. The number of carboxylic acid groups (broad SMARTS) is 1. The van der Waals surface area contributed by atoms with Crippen LogP contribution in [0, 0.1) is 5.92 Å². The number of ether oxygens (including phenoxy) is 1. The summed E-state index contributed by atoms with van der Waals surface area (Å²) in [6, 6.07) is 0.0975. The van der Waals surface area contributed by atoms with Gasteiger partial charge in [-0.1, -0.05) is 13.3 Å². The summed E-state index contributed by atoms with van der Waals surface area (Å²) in [5, 5.41) is 9.07. The Morgan fingerprint density at radius 1 is 1.42 bits per heavy atom. The number of aliphatic carboxylic acids is 1. The highest BCUT2D eigenvalue weighted by atomic mass is 16.5. The number of unbranched alkanes of at least 4 members (excludes halogenated alkanes) is 1. The van der Waals surface area contributed by atoms with Gasteiger partial charge in [-0.05, 0) is 33.1 Å². The number of nitrogens with zero attached hydrogens (tertiary/aromatic N) is 1. The fraction of sp³-hybridized carbons (Fsp3) is 0.857. The molecule has 0 radical (unpaired) electrons. The van der Waals surface area contributed by atoms with Gasteiger partial charge in [-0.15, -0.1) is 0 Å². The number of piperidine rings is 1. The minimum absolute atomic E-state index is 0.0884. The van der Waals surface area contributed by atoms with E-state index >= 15 is 0 Å². The number of hydrogen-bond donors (Lipinski definition) is 1. The summed E-state index contributed by atoms with van der Waals surface area (Å²) in [7, 11) is 0. The van der Waals surface area contributed by atoms with Crippen molar-refractivity contribution < 1.29 is 19.4 Å². The number of carbonyl (C=O) groups is 2. The maximum absolute atomic E-state index is 12.3. The van der Waals surface area contributed by atoms with Crippen molar-refractivity contribution in [2.24, 2.45) is 5.92 Å². The van der Waals surface area contributed by atoms with Gasteiger partial charge in [0.2, 0.25) is 0 Å². The van der Waals surface area contributed by atoms with Gasteiger partial charge in [-0.25, -0.2) is 0 Å². The number of likely N-dealkylation sites (tertiary alicyclic amines) is 1. The molecule has 5 nitrogen and oxygen atoms in total. The Morgan fingerprint density at radius 2 is 2.11 bits per heavy atom. The standard InChI is InChI=1S/C14H25NO4/c1-4-5-8-19-11(3)13(16)15-9-12(14(17)18)7-6-10(15)2/h10-12H,4-9H2,1-3H3,(H,17,18). The van der Waals surface area contributed by atoms with Crippen LogP contribution < -0.4 is 0 Å². The lowest BCUT2D eigenvalue weighted by molar-refractivity contribution is -0.152. The molecule has 5 heteroatoms. The first-order valence-electron chi connectivity index (χ1n) is 7.12. The van der Waals surface area contributed by atoms with Crippen LogP contribution in [0.1, 0.15) is 46.5 Å². The average molecular weight is 271 g/mol. The fourth-order valence-electron chi connectivity index (χ4n) is 2.32. The van der Waals surface area contributed by atoms with Crippen molar-refractivity contribution in [1.82, 2.24) is 4.90 Å². The van der Waals surface area contributed by atoms with Crippen molar-refractivity contribution in [3.8, 4) is 0 Å². The fourth-order valence-corrected chi connectivity index (χ4v) is 2.32. The summed E-state index contributed by atoms with van der Waals surface area (Å²) in [4.78, 5) is 25.0. The molecular formula is C14H25NO4. The molecule has 0 saturated carbocycles. The van der Waals surface area contributed by atoms with Gasteiger partial charge in [0, 0.05) is 19.2 Å². The van der Waals surface area contributed by atoms with Crippen molar-refractivity contribution in [3.63, 3.8) is 0 Å². The van der Waals surface area contributed by atoms with E-state index < -0.39 is 18.0 Å². The van der Waals surface area contributed by atoms with Crippen molar-refractivity contribution in [2.45, 2.75) is 58.6 Å². The van der Waals surface area contributed by atoms with Crippen LogP contribution in [0.3, 0.4) is 0 Å². The van der Waals surface area contributed by atoms with E-state index in [1.54, 1.807) is 11.8 Å². The Bertz CT molecular complexity index is 319. The van der Waals surface area contributed by atoms with Gasteiger partial charge in [0.15, 0.2) is 0 Å². The highest BCUT2D eigenvalue weighted by Crippen LogP contribution is 2.23. The van der Waals surface area contributed by atoms with Crippen molar-refractivity contribution >= 4 is 11.9 Å². The minimum Gasteiger partial charge on any atom is -0.481 e. The molecule has 1 aliphatic heterocycles. The quantitative estimate of drug-likeness (QED) is 0.749. The zero-order chi connectivity index (χ0) is 14.4. The van der Waals surface area contributed by atoms with Crippen LogP contribution in [0.4, 0.5) is 0 Å². The molecule has 19 heavy (non-hydrogen) atoms. The molecule has 1 amide bonds. The Balaban J connectivity index is 2.55. The van der Waals surface area contributed by atoms with Crippen molar-refractivity contribution in [3.05, 3.63) is 0 Å². The molecule has 0 spiro atoms. The third kappa shape index (κ3) is 4.49. The Labute approximate surface area is 114 Å². The van der Waals surface area contributed by atoms with E-state index in [1.807, 2.05) is 6.92 Å². The first-order valence-corrected chi connectivity index (χ1v) is 7.12. The molecule has 1 rings (SSSR count). The molecule has 0 bridgehead atoms. The Morgan fingerprint density at radius 3 is 2.68 bits per heavy atom. The highest BCUT2D eigenvalue weighted by molar-refractivity contribution is 5.82. The van der Waals surface area contributed by atoms with E-state index in [9.17, 15) is 9.59 Å². The van der Waals surface area contributed by atoms with Gasteiger partial charge in [0.1, 0.15) is 6.10 Å². The third-order valence-electron chi connectivity index (χ3n) is 3.73. The van der Waals surface area contributed by atoms with Crippen LogP contribution in [0.5, 0.6) is 0 Å². The minimum atomic E-state index is -0.816. The van der Waals surface area contributed by atoms with Crippen LogP contribution in [-0.4, -0.2) is 47.2 Å². The smallest absolute Gasteiger partial charge is 0.308 e. The molecule has 1 fully saturated rings. The number of carboxylic acids is 1. The van der Waals surface area contributed by atoms with Crippen LogP contribution >= 0.6 is 0 Å². The second-order valence-electron chi connectivity index (χ2n) is 5.32. The molecule has 110 valence electrons. The van der Waals surface area contributed by atoms with E-state index in [0.29, 0.717) is 19.6 Å².